The SMILES string of the molecule is Cc1ccc(C2=CC(=O)OC[C@H]2C)c(O)c1O. The van der Waals surface area contributed by atoms with Crippen molar-refractivity contribution >= 4 is 11.5 Å². The highest BCUT2D eigenvalue weighted by atomic mass is 16.5. The van der Waals surface area contributed by atoms with E-state index in [-0.39, 0.29) is 17.4 Å². The molecule has 1 aliphatic heterocycles. The maximum Gasteiger partial charge on any atom is 0.331 e. The molecule has 17 heavy (non-hydrogen) atoms. The molecule has 4 nitrogen and oxygen atoms in total. The van der Waals surface area contributed by atoms with E-state index in [1.165, 1.54) is 6.08 Å². The molecule has 0 saturated heterocycles. The van der Waals surface area contributed by atoms with Crippen molar-refractivity contribution in [1.82, 2.24) is 0 Å². The normalized spacial score (nSPS) is 19.8. The Morgan fingerprint density at radius 3 is 2.71 bits per heavy atom. The molecule has 0 aliphatic carbocycles. The van der Waals surface area contributed by atoms with Crippen LogP contribution in [0, 0.1) is 12.8 Å². The molecule has 90 valence electrons. The van der Waals surface area contributed by atoms with Crippen molar-refractivity contribution in [2.75, 3.05) is 6.61 Å². The topological polar surface area (TPSA) is 66.8 Å². The predicted octanol–water partition coefficient (Wildman–Crippen LogP) is 1.98. The van der Waals surface area contributed by atoms with Gasteiger partial charge in [0.25, 0.3) is 0 Å². The summed E-state index contributed by atoms with van der Waals surface area (Å²) in [5.41, 5.74) is 1.77. The molecule has 0 fully saturated rings. The van der Waals surface area contributed by atoms with Crippen LogP contribution in [0.25, 0.3) is 5.57 Å². The summed E-state index contributed by atoms with van der Waals surface area (Å²) in [6.45, 7) is 3.89. The summed E-state index contributed by atoms with van der Waals surface area (Å²) in [6, 6.07) is 3.41. The quantitative estimate of drug-likeness (QED) is 0.576. The van der Waals surface area contributed by atoms with E-state index in [0.717, 1.165) is 0 Å². The summed E-state index contributed by atoms with van der Waals surface area (Å²) >= 11 is 0. The summed E-state index contributed by atoms with van der Waals surface area (Å²) in [5, 5.41) is 19.6. The van der Waals surface area contributed by atoms with Gasteiger partial charge < -0.3 is 14.9 Å². The fourth-order valence-corrected chi connectivity index (χ4v) is 1.86. The van der Waals surface area contributed by atoms with Crippen LogP contribution in [-0.2, 0) is 9.53 Å². The minimum absolute atomic E-state index is 0.000654. The highest BCUT2D eigenvalue weighted by molar-refractivity contribution is 5.94. The Morgan fingerprint density at radius 1 is 1.29 bits per heavy atom. The number of hydrogen-bond acceptors (Lipinski definition) is 4. The van der Waals surface area contributed by atoms with Crippen molar-refractivity contribution in [3.8, 4) is 11.5 Å². The van der Waals surface area contributed by atoms with Crippen LogP contribution >= 0.6 is 0 Å². The highest BCUT2D eigenvalue weighted by Gasteiger charge is 2.23. The van der Waals surface area contributed by atoms with Crippen LogP contribution < -0.4 is 0 Å². The summed E-state index contributed by atoms with van der Waals surface area (Å²) < 4.78 is 4.88. The Morgan fingerprint density at radius 2 is 2.00 bits per heavy atom. The first kappa shape index (κ1) is 11.5. The average molecular weight is 234 g/mol. The average Bonchev–Trinajstić information content (AvgIpc) is 2.30. The Labute approximate surface area is 99.2 Å². The second kappa shape index (κ2) is 4.13. The van der Waals surface area contributed by atoms with Gasteiger partial charge >= 0.3 is 5.97 Å². The third-order valence-electron chi connectivity index (χ3n) is 2.94. The van der Waals surface area contributed by atoms with E-state index >= 15 is 0 Å². The van der Waals surface area contributed by atoms with E-state index in [9.17, 15) is 15.0 Å². The number of cyclic esters (lactones) is 1. The number of esters is 1. The third-order valence-corrected chi connectivity index (χ3v) is 2.94. The van der Waals surface area contributed by atoms with Crippen LogP contribution in [0.5, 0.6) is 11.5 Å². The van der Waals surface area contributed by atoms with Gasteiger partial charge in [0.1, 0.15) is 0 Å². The third kappa shape index (κ3) is 1.98. The van der Waals surface area contributed by atoms with Crippen LogP contribution in [-0.4, -0.2) is 22.8 Å². The zero-order valence-electron chi connectivity index (χ0n) is 9.73. The van der Waals surface area contributed by atoms with E-state index in [1.54, 1.807) is 19.1 Å². The van der Waals surface area contributed by atoms with Gasteiger partial charge in [-0.05, 0) is 18.1 Å². The number of carbonyl (C=O) groups excluding carboxylic acids is 1. The van der Waals surface area contributed by atoms with Crippen molar-refractivity contribution in [1.29, 1.82) is 0 Å². The molecule has 0 radical (unpaired) electrons. The van der Waals surface area contributed by atoms with E-state index < -0.39 is 5.97 Å². The molecule has 0 spiro atoms. The number of carbonyl (C=O) groups is 1. The minimum atomic E-state index is -0.419. The first-order chi connectivity index (χ1) is 8.00. The molecule has 0 aromatic heterocycles. The number of aryl methyl sites for hydroxylation is 1. The smallest absolute Gasteiger partial charge is 0.331 e. The first-order valence-electron chi connectivity index (χ1n) is 5.41. The first-order valence-corrected chi connectivity index (χ1v) is 5.41. The lowest BCUT2D eigenvalue weighted by Crippen LogP contribution is -2.18. The largest absolute Gasteiger partial charge is 0.504 e. The van der Waals surface area contributed by atoms with Gasteiger partial charge in [-0.3, -0.25) is 0 Å². The molecule has 2 N–H and O–H groups in total. The zero-order chi connectivity index (χ0) is 12.6. The van der Waals surface area contributed by atoms with Gasteiger partial charge in [0.15, 0.2) is 11.5 Å². The number of benzene rings is 1. The van der Waals surface area contributed by atoms with Crippen LogP contribution in [0.1, 0.15) is 18.1 Å². The van der Waals surface area contributed by atoms with E-state index in [4.69, 9.17) is 4.74 Å². The molecule has 4 heteroatoms. The van der Waals surface area contributed by atoms with Crippen molar-refractivity contribution < 1.29 is 19.7 Å². The van der Waals surface area contributed by atoms with Gasteiger partial charge in [0.05, 0.1) is 6.61 Å². The van der Waals surface area contributed by atoms with E-state index in [0.29, 0.717) is 23.3 Å². The fraction of sp³-hybridized carbons (Fsp3) is 0.308. The highest BCUT2D eigenvalue weighted by Crippen LogP contribution is 2.39. The van der Waals surface area contributed by atoms with Gasteiger partial charge in [-0.15, -0.1) is 0 Å². The lowest BCUT2D eigenvalue weighted by Gasteiger charge is -2.21. The number of ether oxygens (including phenoxy) is 1. The van der Waals surface area contributed by atoms with Crippen LogP contribution in [0.15, 0.2) is 18.2 Å². The molecular weight excluding hydrogens is 220 g/mol. The van der Waals surface area contributed by atoms with Crippen molar-refractivity contribution in [3.05, 3.63) is 29.3 Å². The number of rotatable bonds is 1. The monoisotopic (exact) mass is 234 g/mol. The molecule has 1 aromatic rings. The second-order valence-electron chi connectivity index (χ2n) is 4.26. The Bertz CT molecular complexity index is 502. The Hall–Kier alpha value is -1.97. The Balaban J connectivity index is 2.54. The lowest BCUT2D eigenvalue weighted by atomic mass is 9.91. The zero-order valence-corrected chi connectivity index (χ0v) is 9.73. The molecule has 0 unspecified atom stereocenters. The molecule has 2 rings (SSSR count). The van der Waals surface area contributed by atoms with E-state index in [2.05, 4.69) is 0 Å². The molecule has 1 atom stereocenters. The van der Waals surface area contributed by atoms with Crippen molar-refractivity contribution in [2.45, 2.75) is 13.8 Å². The van der Waals surface area contributed by atoms with Gasteiger partial charge in [-0.25, -0.2) is 4.79 Å². The van der Waals surface area contributed by atoms with Crippen LogP contribution in [0.4, 0.5) is 0 Å². The Kier molecular flexibility index (Phi) is 2.79. The van der Waals surface area contributed by atoms with Gasteiger partial charge in [0, 0.05) is 17.6 Å². The number of aromatic hydroxyl groups is 2. The molecule has 1 aliphatic rings. The maximum atomic E-state index is 11.2. The summed E-state index contributed by atoms with van der Waals surface area (Å²) in [4.78, 5) is 11.2. The minimum Gasteiger partial charge on any atom is -0.504 e. The van der Waals surface area contributed by atoms with Crippen molar-refractivity contribution in [2.24, 2.45) is 5.92 Å². The predicted molar refractivity (Wildman–Crippen MR) is 62.6 cm³/mol. The summed E-state index contributed by atoms with van der Waals surface area (Å²) in [7, 11) is 0. The van der Waals surface area contributed by atoms with Gasteiger partial charge in [0.2, 0.25) is 0 Å². The number of phenols is 2. The van der Waals surface area contributed by atoms with Gasteiger partial charge in [-0.2, -0.15) is 0 Å². The standard InChI is InChI=1S/C13H14O4/c1-7-3-4-9(13(16)12(7)15)10-5-11(14)17-6-8(10)2/h3-5,8,15-16H,6H2,1-2H3/t8-/m1/s1. The number of phenolic OH excluding ortho intramolecular Hbond substituents is 2. The molecule has 0 amide bonds. The molecule has 1 aromatic carbocycles. The van der Waals surface area contributed by atoms with Crippen LogP contribution in [0.2, 0.25) is 0 Å². The van der Waals surface area contributed by atoms with Gasteiger partial charge in [-0.1, -0.05) is 19.1 Å². The fourth-order valence-electron chi connectivity index (χ4n) is 1.86. The van der Waals surface area contributed by atoms with Crippen molar-refractivity contribution in [3.63, 3.8) is 0 Å². The molecule has 0 saturated carbocycles. The lowest BCUT2D eigenvalue weighted by molar-refractivity contribution is -0.139. The van der Waals surface area contributed by atoms with Crippen LogP contribution in [0.3, 0.4) is 0 Å². The maximum absolute atomic E-state index is 11.2. The number of hydrogen-bond donors (Lipinski definition) is 2. The second-order valence-corrected chi connectivity index (χ2v) is 4.26. The molecule has 0 bridgehead atoms. The summed E-state index contributed by atoms with van der Waals surface area (Å²) in [5.74, 6) is -0.745. The molecular formula is C13H14O4. The van der Waals surface area contributed by atoms with E-state index in [1.807, 2.05) is 6.92 Å². The molecule has 1 heterocycles. The summed E-state index contributed by atoms with van der Waals surface area (Å²) in [6.07, 6.45) is 1.36.